The highest BCUT2D eigenvalue weighted by Crippen LogP contribution is 2.32. The number of phenols is 1. The summed E-state index contributed by atoms with van der Waals surface area (Å²) in [6.07, 6.45) is 6.98. The molecule has 3 rings (SSSR count). The fraction of sp³-hybridized carbons (Fsp3) is 0.316. The van der Waals surface area contributed by atoms with E-state index in [1.807, 2.05) is 6.07 Å². The lowest BCUT2D eigenvalue weighted by Gasteiger charge is -2.20. The summed E-state index contributed by atoms with van der Waals surface area (Å²) in [4.78, 5) is 27.9. The Labute approximate surface area is 145 Å². The molecule has 130 valence electrons. The number of phenolic OH excluding ortho intramolecular Hbond substituents is 1. The lowest BCUT2D eigenvalue weighted by atomic mass is 9.89. The molecule has 0 radical (unpaired) electrons. The number of carboxylic acids is 1. The van der Waals surface area contributed by atoms with Gasteiger partial charge in [0.1, 0.15) is 11.8 Å². The largest absolute Gasteiger partial charge is 0.507 e. The minimum Gasteiger partial charge on any atom is -0.507 e. The van der Waals surface area contributed by atoms with E-state index in [1.165, 1.54) is 0 Å². The number of amides is 1. The van der Waals surface area contributed by atoms with Crippen LogP contribution in [0.1, 0.15) is 39.9 Å². The van der Waals surface area contributed by atoms with Gasteiger partial charge in [0.2, 0.25) is 0 Å². The predicted octanol–water partition coefficient (Wildman–Crippen LogP) is 2.09. The zero-order chi connectivity index (χ0) is 17.8. The molecule has 1 aliphatic rings. The molecule has 6 nitrogen and oxygen atoms in total. The number of hydrogen-bond acceptors (Lipinski definition) is 4. The average Bonchev–Trinajstić information content (AvgIpc) is 2.62. The second-order valence-corrected chi connectivity index (χ2v) is 6.23. The predicted molar refractivity (Wildman–Crippen MR) is 91.6 cm³/mol. The van der Waals surface area contributed by atoms with Gasteiger partial charge in [-0.05, 0) is 60.6 Å². The fourth-order valence-electron chi connectivity index (χ4n) is 3.18. The van der Waals surface area contributed by atoms with Gasteiger partial charge in [-0.3, -0.25) is 9.78 Å². The molecule has 0 bridgehead atoms. The van der Waals surface area contributed by atoms with Crippen LogP contribution in [0.4, 0.5) is 0 Å². The smallest absolute Gasteiger partial charge is 0.326 e. The zero-order valence-corrected chi connectivity index (χ0v) is 13.7. The number of carbonyl (C=O) groups is 2. The van der Waals surface area contributed by atoms with Crippen molar-refractivity contribution < 1.29 is 19.8 Å². The molecular formula is C19H20N2O4. The first kappa shape index (κ1) is 17.0. The normalized spacial score (nSPS) is 14.4. The Morgan fingerprint density at radius 3 is 2.56 bits per heavy atom. The van der Waals surface area contributed by atoms with Gasteiger partial charge in [0, 0.05) is 18.8 Å². The van der Waals surface area contributed by atoms with Crippen LogP contribution in [0.15, 0.2) is 36.7 Å². The molecule has 1 aliphatic carbocycles. The summed E-state index contributed by atoms with van der Waals surface area (Å²) in [5.41, 5.74) is 2.76. The number of aryl methyl sites for hydroxylation is 1. The molecule has 1 heterocycles. The molecule has 3 N–H and O–H groups in total. The summed E-state index contributed by atoms with van der Waals surface area (Å²) in [7, 11) is 0. The van der Waals surface area contributed by atoms with Gasteiger partial charge in [-0.15, -0.1) is 0 Å². The summed E-state index contributed by atoms with van der Waals surface area (Å²) in [5, 5.41) is 22.3. The van der Waals surface area contributed by atoms with Crippen molar-refractivity contribution in [1.82, 2.24) is 10.3 Å². The number of carbonyl (C=O) groups excluding carboxylic acids is 1. The van der Waals surface area contributed by atoms with E-state index in [0.717, 1.165) is 42.4 Å². The van der Waals surface area contributed by atoms with Crippen molar-refractivity contribution in [1.29, 1.82) is 0 Å². The summed E-state index contributed by atoms with van der Waals surface area (Å²) in [5.74, 6) is -1.72. The minimum atomic E-state index is -1.12. The Morgan fingerprint density at radius 1 is 1.12 bits per heavy atom. The van der Waals surface area contributed by atoms with Gasteiger partial charge < -0.3 is 15.5 Å². The van der Waals surface area contributed by atoms with E-state index in [9.17, 15) is 19.8 Å². The second kappa shape index (κ2) is 7.34. The van der Waals surface area contributed by atoms with Crippen LogP contribution in [0.3, 0.4) is 0 Å². The van der Waals surface area contributed by atoms with Crippen LogP contribution < -0.4 is 5.32 Å². The topological polar surface area (TPSA) is 99.5 Å². The van der Waals surface area contributed by atoms with Gasteiger partial charge in [0.05, 0.1) is 5.56 Å². The molecule has 0 saturated carbocycles. The van der Waals surface area contributed by atoms with Crippen molar-refractivity contribution in [2.45, 2.75) is 38.1 Å². The van der Waals surface area contributed by atoms with Gasteiger partial charge >= 0.3 is 5.97 Å². The number of rotatable bonds is 5. The van der Waals surface area contributed by atoms with E-state index >= 15 is 0 Å². The highest BCUT2D eigenvalue weighted by atomic mass is 16.4. The molecule has 1 unspecified atom stereocenters. The first-order valence-electron chi connectivity index (χ1n) is 8.32. The van der Waals surface area contributed by atoms with Crippen molar-refractivity contribution in [2.24, 2.45) is 0 Å². The van der Waals surface area contributed by atoms with Crippen molar-refractivity contribution in [3.63, 3.8) is 0 Å². The van der Waals surface area contributed by atoms with Gasteiger partial charge in [0.25, 0.3) is 5.91 Å². The Morgan fingerprint density at radius 2 is 1.84 bits per heavy atom. The SMILES string of the molecule is O=C(NC(Cc1ccncc1)C(=O)O)c1ccc2c(c1O)CCCC2. The summed E-state index contributed by atoms with van der Waals surface area (Å²) in [6.45, 7) is 0. The standard InChI is InChI=1S/C19H20N2O4/c22-17-14-4-2-1-3-13(14)5-6-15(17)18(23)21-16(19(24)25)11-12-7-9-20-10-8-12/h5-10,16,22H,1-4,11H2,(H,21,23)(H,24,25). The number of benzene rings is 1. The Kier molecular flexibility index (Phi) is 4.97. The van der Waals surface area contributed by atoms with E-state index in [2.05, 4.69) is 10.3 Å². The molecule has 1 atom stereocenters. The third kappa shape index (κ3) is 3.79. The first-order valence-corrected chi connectivity index (χ1v) is 8.32. The van der Waals surface area contributed by atoms with Gasteiger partial charge in [-0.25, -0.2) is 4.79 Å². The van der Waals surface area contributed by atoms with Gasteiger partial charge in [-0.1, -0.05) is 6.07 Å². The minimum absolute atomic E-state index is 0.0252. The molecule has 1 amide bonds. The lowest BCUT2D eigenvalue weighted by molar-refractivity contribution is -0.139. The average molecular weight is 340 g/mol. The highest BCUT2D eigenvalue weighted by Gasteiger charge is 2.24. The third-order valence-electron chi connectivity index (χ3n) is 4.54. The number of nitrogens with one attached hydrogen (secondary N) is 1. The molecule has 1 aromatic heterocycles. The van der Waals surface area contributed by atoms with Crippen molar-refractivity contribution in [2.75, 3.05) is 0 Å². The van der Waals surface area contributed by atoms with E-state index < -0.39 is 17.9 Å². The van der Waals surface area contributed by atoms with E-state index in [4.69, 9.17) is 0 Å². The Bertz CT molecular complexity index is 790. The van der Waals surface area contributed by atoms with Crippen LogP contribution in [-0.4, -0.2) is 33.1 Å². The zero-order valence-electron chi connectivity index (χ0n) is 13.7. The maximum absolute atomic E-state index is 12.5. The fourth-order valence-corrected chi connectivity index (χ4v) is 3.18. The highest BCUT2D eigenvalue weighted by molar-refractivity contribution is 5.99. The summed E-state index contributed by atoms with van der Waals surface area (Å²) < 4.78 is 0. The maximum Gasteiger partial charge on any atom is 0.326 e. The van der Waals surface area contributed by atoms with Crippen LogP contribution >= 0.6 is 0 Å². The Hall–Kier alpha value is -2.89. The maximum atomic E-state index is 12.5. The molecule has 0 spiro atoms. The lowest BCUT2D eigenvalue weighted by Crippen LogP contribution is -2.42. The monoisotopic (exact) mass is 340 g/mol. The van der Waals surface area contributed by atoms with E-state index in [-0.39, 0.29) is 17.7 Å². The number of hydrogen-bond donors (Lipinski definition) is 3. The first-order chi connectivity index (χ1) is 12.1. The summed E-state index contributed by atoms with van der Waals surface area (Å²) >= 11 is 0. The molecule has 0 saturated heterocycles. The van der Waals surface area contributed by atoms with Crippen molar-refractivity contribution in [3.8, 4) is 5.75 Å². The van der Waals surface area contributed by atoms with Crippen LogP contribution in [0.5, 0.6) is 5.75 Å². The molecular weight excluding hydrogens is 320 g/mol. The van der Waals surface area contributed by atoms with Crippen LogP contribution in [0.2, 0.25) is 0 Å². The van der Waals surface area contributed by atoms with Crippen LogP contribution in [-0.2, 0) is 24.1 Å². The number of aliphatic carboxylic acids is 1. The van der Waals surface area contributed by atoms with E-state index in [0.29, 0.717) is 0 Å². The van der Waals surface area contributed by atoms with Crippen LogP contribution in [0.25, 0.3) is 0 Å². The number of fused-ring (bicyclic) bond motifs is 1. The second-order valence-electron chi connectivity index (χ2n) is 6.23. The molecule has 25 heavy (non-hydrogen) atoms. The molecule has 1 aromatic carbocycles. The number of carboxylic acid groups (broad SMARTS) is 1. The number of nitrogens with zero attached hydrogens (tertiary/aromatic N) is 1. The molecule has 0 aliphatic heterocycles. The van der Waals surface area contributed by atoms with Crippen molar-refractivity contribution in [3.05, 3.63) is 58.9 Å². The number of aromatic nitrogens is 1. The van der Waals surface area contributed by atoms with Crippen molar-refractivity contribution >= 4 is 11.9 Å². The van der Waals surface area contributed by atoms with Gasteiger partial charge in [-0.2, -0.15) is 0 Å². The molecule has 0 fully saturated rings. The quantitative estimate of drug-likeness (QED) is 0.774. The number of pyridine rings is 1. The third-order valence-corrected chi connectivity index (χ3v) is 4.54. The molecule has 2 aromatic rings. The summed E-state index contributed by atoms with van der Waals surface area (Å²) in [6, 6.07) is 5.75. The van der Waals surface area contributed by atoms with Gasteiger partial charge in [0.15, 0.2) is 0 Å². The molecule has 6 heteroatoms. The van der Waals surface area contributed by atoms with Crippen LogP contribution in [0, 0.1) is 0 Å². The number of aromatic hydroxyl groups is 1. The Balaban J connectivity index is 1.79. The van der Waals surface area contributed by atoms with E-state index in [1.54, 1.807) is 30.6 Å².